The van der Waals surface area contributed by atoms with Gasteiger partial charge in [-0.05, 0) is 17.7 Å². The van der Waals surface area contributed by atoms with E-state index in [1.807, 2.05) is 29.7 Å². The molecule has 0 N–H and O–H groups in total. The van der Waals surface area contributed by atoms with Gasteiger partial charge in [-0.3, -0.25) is 4.57 Å². The Bertz CT molecular complexity index is 552. The minimum atomic E-state index is 0.0867. The number of hydrogen-bond donors (Lipinski definition) is 0. The predicted molar refractivity (Wildman–Crippen MR) is 64.5 cm³/mol. The molecule has 17 heavy (non-hydrogen) atoms. The maximum absolute atomic E-state index is 6.10. The summed E-state index contributed by atoms with van der Waals surface area (Å²) in [4.78, 5) is 0. The summed E-state index contributed by atoms with van der Waals surface area (Å²) in [6, 6.07) is 8.09. The van der Waals surface area contributed by atoms with Gasteiger partial charge in [0.05, 0.1) is 0 Å². The molecule has 4 nitrogen and oxygen atoms in total. The lowest BCUT2D eigenvalue weighted by atomic mass is 10.1. The summed E-state index contributed by atoms with van der Waals surface area (Å²) in [5.41, 5.74) is 1.14. The molecule has 0 saturated carbocycles. The molecular formula is C12H12ClN3O. The minimum Gasteiger partial charge on any atom is -0.491 e. The fraction of sp³-hybridized carbons (Fsp3) is 0.333. The van der Waals surface area contributed by atoms with Gasteiger partial charge in [-0.25, -0.2) is 0 Å². The van der Waals surface area contributed by atoms with Crippen molar-refractivity contribution in [3.8, 4) is 5.75 Å². The van der Waals surface area contributed by atoms with E-state index >= 15 is 0 Å². The van der Waals surface area contributed by atoms with Crippen LogP contribution in [0, 0.1) is 0 Å². The van der Waals surface area contributed by atoms with Gasteiger partial charge >= 0.3 is 0 Å². The third kappa shape index (κ3) is 1.60. The van der Waals surface area contributed by atoms with E-state index in [9.17, 15) is 0 Å². The molecule has 88 valence electrons. The minimum absolute atomic E-state index is 0.0867. The van der Waals surface area contributed by atoms with Crippen molar-refractivity contribution >= 4 is 11.6 Å². The highest BCUT2D eigenvalue weighted by Crippen LogP contribution is 2.36. The third-order valence-electron chi connectivity index (χ3n) is 3.03. The molecule has 1 aliphatic rings. The molecule has 1 unspecified atom stereocenters. The zero-order chi connectivity index (χ0) is 11.8. The molecule has 0 fully saturated rings. The molecule has 2 aromatic rings. The Hall–Kier alpha value is -1.55. The van der Waals surface area contributed by atoms with Crippen LogP contribution < -0.4 is 4.74 Å². The maximum Gasteiger partial charge on any atom is 0.225 e. The van der Waals surface area contributed by atoms with Gasteiger partial charge in [0.15, 0.2) is 0 Å². The lowest BCUT2D eigenvalue weighted by molar-refractivity contribution is 0.314. The second-order valence-corrected chi connectivity index (χ2v) is 4.31. The van der Waals surface area contributed by atoms with E-state index in [0.717, 1.165) is 23.6 Å². The van der Waals surface area contributed by atoms with Crippen molar-refractivity contribution in [2.45, 2.75) is 19.4 Å². The van der Waals surface area contributed by atoms with E-state index in [0.29, 0.717) is 11.9 Å². The highest BCUT2D eigenvalue weighted by atomic mass is 35.5. The first kappa shape index (κ1) is 10.6. The Balaban J connectivity index is 2.09. The number of hydrogen-bond acceptors (Lipinski definition) is 3. The van der Waals surface area contributed by atoms with Crippen LogP contribution in [0.15, 0.2) is 24.3 Å². The van der Waals surface area contributed by atoms with Crippen LogP contribution in [0.2, 0.25) is 5.28 Å². The van der Waals surface area contributed by atoms with Gasteiger partial charge < -0.3 is 4.74 Å². The van der Waals surface area contributed by atoms with Crippen molar-refractivity contribution < 1.29 is 4.74 Å². The van der Waals surface area contributed by atoms with E-state index in [1.54, 1.807) is 0 Å². The van der Waals surface area contributed by atoms with Crippen LogP contribution in [0.3, 0.4) is 0 Å². The summed E-state index contributed by atoms with van der Waals surface area (Å²) in [5, 5.41) is 8.43. The van der Waals surface area contributed by atoms with Gasteiger partial charge in [0.1, 0.15) is 24.2 Å². The Labute approximate surface area is 104 Å². The monoisotopic (exact) mass is 249 g/mol. The van der Waals surface area contributed by atoms with Crippen LogP contribution in [0.4, 0.5) is 0 Å². The molecule has 2 heterocycles. The molecule has 1 aromatic carbocycles. The van der Waals surface area contributed by atoms with E-state index in [2.05, 4.69) is 16.3 Å². The number of ether oxygens (including phenoxy) is 1. The predicted octanol–water partition coefficient (Wildman–Crippen LogP) is 2.48. The molecule has 0 amide bonds. The summed E-state index contributed by atoms with van der Waals surface area (Å²) in [7, 11) is 0. The Kier molecular flexibility index (Phi) is 2.52. The molecule has 5 heteroatoms. The number of halogens is 1. The number of rotatable bonds is 2. The first-order chi connectivity index (χ1) is 8.31. The third-order valence-corrected chi connectivity index (χ3v) is 3.29. The number of para-hydroxylation sites is 1. The Morgan fingerprint density at radius 2 is 2.24 bits per heavy atom. The smallest absolute Gasteiger partial charge is 0.225 e. The summed E-state index contributed by atoms with van der Waals surface area (Å²) in [6.07, 6.45) is 0.804. The van der Waals surface area contributed by atoms with Crippen molar-refractivity contribution in [1.82, 2.24) is 14.8 Å². The second kappa shape index (κ2) is 4.04. The fourth-order valence-electron chi connectivity index (χ4n) is 2.21. The van der Waals surface area contributed by atoms with Crippen LogP contribution >= 0.6 is 11.6 Å². The van der Waals surface area contributed by atoms with Crippen LogP contribution in [0.1, 0.15) is 24.4 Å². The summed E-state index contributed by atoms with van der Waals surface area (Å²) >= 11 is 6.10. The van der Waals surface area contributed by atoms with E-state index < -0.39 is 0 Å². The molecule has 1 atom stereocenters. The normalized spacial score (nSPS) is 17.9. The van der Waals surface area contributed by atoms with Crippen molar-refractivity contribution in [3.63, 3.8) is 0 Å². The molecule has 0 bridgehead atoms. The number of fused-ring (bicyclic) bond motifs is 1. The maximum atomic E-state index is 6.10. The van der Waals surface area contributed by atoms with Crippen LogP contribution in [-0.4, -0.2) is 21.4 Å². The molecule has 0 radical (unpaired) electrons. The van der Waals surface area contributed by atoms with Crippen LogP contribution in [0.25, 0.3) is 0 Å². The van der Waals surface area contributed by atoms with Gasteiger partial charge in [-0.1, -0.05) is 25.1 Å². The van der Waals surface area contributed by atoms with Gasteiger partial charge in [0.2, 0.25) is 5.28 Å². The van der Waals surface area contributed by atoms with Crippen molar-refractivity contribution in [2.75, 3.05) is 6.61 Å². The average Bonchev–Trinajstić information content (AvgIpc) is 2.92. The quantitative estimate of drug-likeness (QED) is 0.821. The van der Waals surface area contributed by atoms with E-state index in [1.165, 1.54) is 0 Å². The molecule has 3 rings (SSSR count). The van der Waals surface area contributed by atoms with Crippen LogP contribution in [0.5, 0.6) is 5.75 Å². The number of nitrogens with zero attached hydrogens (tertiary/aromatic N) is 3. The van der Waals surface area contributed by atoms with Gasteiger partial charge in [0.25, 0.3) is 0 Å². The van der Waals surface area contributed by atoms with Crippen molar-refractivity contribution in [1.29, 1.82) is 0 Å². The Morgan fingerprint density at radius 3 is 3.06 bits per heavy atom. The molecule has 1 aromatic heterocycles. The lowest BCUT2D eigenvalue weighted by Gasteiger charge is -2.13. The number of benzene rings is 1. The molecule has 1 aliphatic heterocycles. The molecule has 0 aliphatic carbocycles. The number of aryl methyl sites for hydroxylation is 1. The number of aromatic nitrogens is 3. The Morgan fingerprint density at radius 1 is 1.41 bits per heavy atom. The van der Waals surface area contributed by atoms with Crippen molar-refractivity contribution in [3.05, 3.63) is 40.9 Å². The topological polar surface area (TPSA) is 39.9 Å². The highest BCUT2D eigenvalue weighted by Gasteiger charge is 2.28. The van der Waals surface area contributed by atoms with E-state index in [4.69, 9.17) is 16.3 Å². The van der Waals surface area contributed by atoms with Crippen molar-refractivity contribution in [2.24, 2.45) is 0 Å². The standard InChI is InChI=1S/C12H12ClN3O/c1-2-11-14-15-12(13)16(11)9-7-17-10-6-4-3-5-8(9)10/h3-6,9H,2,7H2,1H3. The summed E-state index contributed by atoms with van der Waals surface area (Å²) in [5.74, 6) is 1.81. The zero-order valence-electron chi connectivity index (χ0n) is 9.43. The highest BCUT2D eigenvalue weighted by molar-refractivity contribution is 6.28. The first-order valence-corrected chi connectivity index (χ1v) is 6.00. The molecular weight excluding hydrogens is 238 g/mol. The average molecular weight is 250 g/mol. The van der Waals surface area contributed by atoms with Crippen LogP contribution in [-0.2, 0) is 6.42 Å². The fourth-order valence-corrected chi connectivity index (χ4v) is 2.46. The van der Waals surface area contributed by atoms with Gasteiger partial charge in [0, 0.05) is 12.0 Å². The van der Waals surface area contributed by atoms with Gasteiger partial charge in [-0.15, -0.1) is 10.2 Å². The summed E-state index contributed by atoms with van der Waals surface area (Å²) in [6.45, 7) is 2.63. The van der Waals surface area contributed by atoms with E-state index in [-0.39, 0.29) is 6.04 Å². The largest absolute Gasteiger partial charge is 0.491 e. The molecule has 0 spiro atoms. The zero-order valence-corrected chi connectivity index (χ0v) is 10.2. The SMILES string of the molecule is CCc1nnc(Cl)n1C1COc2ccccc21. The summed E-state index contributed by atoms with van der Waals surface area (Å²) < 4.78 is 7.61. The second-order valence-electron chi connectivity index (χ2n) is 3.97. The van der Waals surface area contributed by atoms with Gasteiger partial charge in [-0.2, -0.15) is 0 Å². The molecule has 0 saturated heterocycles. The lowest BCUT2D eigenvalue weighted by Crippen LogP contribution is -2.15. The first-order valence-electron chi connectivity index (χ1n) is 5.62.